The van der Waals surface area contributed by atoms with E-state index in [0.717, 1.165) is 59.8 Å². The lowest BCUT2D eigenvalue weighted by molar-refractivity contribution is -0.679. The van der Waals surface area contributed by atoms with Crippen LogP contribution in [-0.2, 0) is 13.1 Å². The number of hydrogen-bond donors (Lipinski definition) is 0. The SMILES string of the molecule is CCN1/C(=C/C(c2ccccc2)=c2/s/c(=C\c3sc(-c4ccccc4)c(-c4ccccc4)[n+]3CC)n(CC)c2=O)Sc2cc(OC)ccc21. The Bertz CT molecular complexity index is 2320. The minimum absolute atomic E-state index is 0.0332. The van der Waals surface area contributed by atoms with Gasteiger partial charge in [0.15, 0.2) is 0 Å². The molecule has 7 rings (SSSR count). The lowest BCUT2D eigenvalue weighted by Crippen LogP contribution is -2.37. The van der Waals surface area contributed by atoms with Crippen LogP contribution in [-0.4, -0.2) is 18.2 Å². The minimum atomic E-state index is 0.0332. The van der Waals surface area contributed by atoms with Crippen LogP contribution in [0.25, 0.3) is 33.3 Å². The number of fused-ring (bicyclic) bond motifs is 1. The van der Waals surface area contributed by atoms with Crippen molar-refractivity contribution in [2.24, 2.45) is 0 Å². The van der Waals surface area contributed by atoms with Gasteiger partial charge in [-0.15, -0.1) is 11.3 Å². The third-order valence-electron chi connectivity index (χ3n) is 8.68. The van der Waals surface area contributed by atoms with Gasteiger partial charge >= 0.3 is 0 Å². The van der Waals surface area contributed by atoms with Crippen molar-refractivity contribution in [3.63, 3.8) is 0 Å². The van der Waals surface area contributed by atoms with Gasteiger partial charge in [-0.1, -0.05) is 102 Å². The summed E-state index contributed by atoms with van der Waals surface area (Å²) in [6.45, 7) is 8.60. The van der Waals surface area contributed by atoms with Crippen LogP contribution in [0.4, 0.5) is 5.69 Å². The van der Waals surface area contributed by atoms with Crippen molar-refractivity contribution >= 4 is 51.8 Å². The molecule has 0 amide bonds. The summed E-state index contributed by atoms with van der Waals surface area (Å²) < 4.78 is 11.5. The summed E-state index contributed by atoms with van der Waals surface area (Å²) in [5.41, 5.74) is 6.71. The third kappa shape index (κ3) is 6.32. The number of ether oxygens (including phenoxy) is 1. The summed E-state index contributed by atoms with van der Waals surface area (Å²) in [7, 11) is 1.70. The average Bonchev–Trinajstić information content (AvgIpc) is 3.80. The van der Waals surface area contributed by atoms with Crippen LogP contribution in [0.1, 0.15) is 31.3 Å². The molecule has 0 saturated heterocycles. The van der Waals surface area contributed by atoms with Gasteiger partial charge < -0.3 is 9.64 Å². The topological polar surface area (TPSA) is 38.4 Å². The first-order chi connectivity index (χ1) is 24.0. The number of nitrogens with zero attached hydrogens (tertiary/aromatic N) is 3. The lowest BCUT2D eigenvalue weighted by Gasteiger charge is -2.18. The smallest absolute Gasteiger partial charge is 0.269 e. The molecule has 0 N–H and O–H groups in total. The molecule has 2 aromatic heterocycles. The van der Waals surface area contributed by atoms with Gasteiger partial charge in [-0.3, -0.25) is 9.36 Å². The van der Waals surface area contributed by atoms with Crippen LogP contribution in [0.5, 0.6) is 5.75 Å². The molecule has 1 aliphatic heterocycles. The molecule has 8 heteroatoms. The summed E-state index contributed by atoms with van der Waals surface area (Å²) >= 11 is 5.07. The molecule has 0 saturated carbocycles. The summed E-state index contributed by atoms with van der Waals surface area (Å²) in [6.07, 6.45) is 4.41. The van der Waals surface area contributed by atoms with Crippen molar-refractivity contribution in [1.82, 2.24) is 4.57 Å². The number of methoxy groups -OCH3 is 1. The largest absolute Gasteiger partial charge is 0.497 e. The highest BCUT2D eigenvalue weighted by Crippen LogP contribution is 2.47. The Kier molecular flexibility index (Phi) is 9.71. The first-order valence-electron chi connectivity index (χ1n) is 16.6. The lowest BCUT2D eigenvalue weighted by atomic mass is 10.1. The van der Waals surface area contributed by atoms with Gasteiger partial charge in [0.1, 0.15) is 26.4 Å². The minimum Gasteiger partial charge on any atom is -0.497 e. The van der Waals surface area contributed by atoms with E-state index in [1.807, 2.05) is 28.8 Å². The molecule has 1 aliphatic rings. The maximum absolute atomic E-state index is 14.4. The van der Waals surface area contributed by atoms with E-state index in [-0.39, 0.29) is 5.56 Å². The Labute approximate surface area is 299 Å². The molecule has 3 heterocycles. The van der Waals surface area contributed by atoms with E-state index in [4.69, 9.17) is 4.74 Å². The second-order valence-corrected chi connectivity index (χ2v) is 14.6. The fourth-order valence-electron chi connectivity index (χ4n) is 6.31. The average molecular weight is 701 g/mol. The number of rotatable bonds is 9. The van der Waals surface area contributed by atoms with Crippen LogP contribution in [0.15, 0.2) is 130 Å². The molecule has 0 fully saturated rings. The zero-order valence-corrected chi connectivity index (χ0v) is 30.5. The number of benzene rings is 4. The van der Waals surface area contributed by atoms with E-state index in [9.17, 15) is 4.79 Å². The summed E-state index contributed by atoms with van der Waals surface area (Å²) in [5.74, 6) is 0.837. The maximum atomic E-state index is 14.4. The highest BCUT2D eigenvalue weighted by atomic mass is 32.2. The second-order valence-electron chi connectivity index (χ2n) is 11.5. The summed E-state index contributed by atoms with van der Waals surface area (Å²) in [6, 6.07) is 37.7. The van der Waals surface area contributed by atoms with Crippen LogP contribution < -0.4 is 29.0 Å². The Hall–Kier alpha value is -4.63. The Morgan fingerprint density at radius 2 is 1.49 bits per heavy atom. The zero-order valence-electron chi connectivity index (χ0n) is 28.1. The molecule has 0 atom stereocenters. The van der Waals surface area contributed by atoms with E-state index < -0.39 is 0 Å². The van der Waals surface area contributed by atoms with Crippen LogP contribution in [0, 0.1) is 0 Å². The van der Waals surface area contributed by atoms with Crippen molar-refractivity contribution < 1.29 is 9.30 Å². The van der Waals surface area contributed by atoms with Crippen LogP contribution in [0.3, 0.4) is 0 Å². The van der Waals surface area contributed by atoms with E-state index in [0.29, 0.717) is 6.54 Å². The first kappa shape index (κ1) is 32.9. The van der Waals surface area contributed by atoms with Crippen LogP contribution >= 0.6 is 34.4 Å². The molecule has 0 spiro atoms. The van der Waals surface area contributed by atoms with Gasteiger partial charge in [-0.2, -0.15) is 4.57 Å². The van der Waals surface area contributed by atoms with E-state index in [1.165, 1.54) is 21.7 Å². The fraction of sp³-hybridized carbons (Fsp3) is 0.171. The van der Waals surface area contributed by atoms with Crippen molar-refractivity contribution in [3.8, 4) is 27.4 Å². The number of allylic oxidation sites excluding steroid dienone is 1. The van der Waals surface area contributed by atoms with Gasteiger partial charge in [-0.05, 0) is 68.3 Å². The van der Waals surface area contributed by atoms with Gasteiger partial charge in [0.2, 0.25) is 5.69 Å². The first-order valence-corrected chi connectivity index (χ1v) is 19.0. The van der Waals surface area contributed by atoms with Gasteiger partial charge in [0, 0.05) is 29.1 Å². The molecule has 4 aromatic carbocycles. The molecule has 246 valence electrons. The highest BCUT2D eigenvalue weighted by molar-refractivity contribution is 8.03. The van der Waals surface area contributed by atoms with E-state index in [2.05, 4.69) is 127 Å². The van der Waals surface area contributed by atoms with Gasteiger partial charge in [0.05, 0.1) is 23.9 Å². The molecule has 0 radical (unpaired) electrons. The summed E-state index contributed by atoms with van der Waals surface area (Å²) in [4.78, 5) is 19.1. The van der Waals surface area contributed by atoms with Gasteiger partial charge in [-0.25, -0.2) is 0 Å². The Morgan fingerprint density at radius 3 is 2.12 bits per heavy atom. The monoisotopic (exact) mass is 700 g/mol. The molecule has 49 heavy (non-hydrogen) atoms. The molecule has 0 bridgehead atoms. The summed E-state index contributed by atoms with van der Waals surface area (Å²) in [5, 5.41) is 2.20. The predicted octanol–water partition coefficient (Wildman–Crippen LogP) is 8.14. The van der Waals surface area contributed by atoms with E-state index in [1.54, 1.807) is 41.5 Å². The predicted molar refractivity (Wildman–Crippen MR) is 207 cm³/mol. The standard InChI is InChI=1S/C41H38N3O2S3/c1-5-42-33-24-23-31(46-4)25-34(33)47-35(42)26-32(28-17-11-8-12-18-28)40-41(45)44(7-3)37(49-40)27-36-43(6-2)38(29-19-13-9-14-20-29)39(48-36)30-21-15-10-16-22-30/h8-27H,5-7H2,1-4H3/q+1/b35-26-,40-32-. The number of aromatic nitrogens is 2. The molecule has 6 aromatic rings. The highest BCUT2D eigenvalue weighted by Gasteiger charge is 2.28. The quantitative estimate of drug-likeness (QED) is 0.143. The van der Waals surface area contributed by atoms with Crippen molar-refractivity contribution in [2.45, 2.75) is 38.8 Å². The number of thiazole rings is 2. The second kappa shape index (κ2) is 14.5. The Morgan fingerprint density at radius 1 is 0.816 bits per heavy atom. The molecule has 0 aliphatic carbocycles. The molecule has 5 nitrogen and oxygen atoms in total. The normalized spacial score (nSPS) is 14.4. The van der Waals surface area contributed by atoms with Crippen molar-refractivity contribution in [3.05, 3.63) is 150 Å². The van der Waals surface area contributed by atoms with E-state index >= 15 is 0 Å². The van der Waals surface area contributed by atoms with Crippen LogP contribution in [0.2, 0.25) is 0 Å². The maximum Gasteiger partial charge on any atom is 0.269 e. The fourth-order valence-corrected chi connectivity index (χ4v) is 10.1. The molecular formula is C41H38N3O2S3+. The molecule has 0 unspecified atom stereocenters. The van der Waals surface area contributed by atoms with Crippen molar-refractivity contribution in [2.75, 3.05) is 18.6 Å². The van der Waals surface area contributed by atoms with Crippen molar-refractivity contribution in [1.29, 1.82) is 0 Å². The van der Waals surface area contributed by atoms with Gasteiger partial charge in [0.25, 0.3) is 10.6 Å². The number of thioether (sulfide) groups is 1. The Balaban J connectivity index is 1.46. The molecular weight excluding hydrogens is 663 g/mol. The number of anilines is 1. The number of hydrogen-bond acceptors (Lipinski definition) is 6. The zero-order chi connectivity index (χ0) is 33.9. The third-order valence-corrected chi connectivity index (χ3v) is 12.1.